The molecule has 122 valence electrons. The van der Waals surface area contributed by atoms with Crippen molar-refractivity contribution in [3.05, 3.63) is 53.1 Å². The molecule has 1 aliphatic rings. The number of hydrogen-bond acceptors (Lipinski definition) is 3. The molecule has 2 heterocycles. The molecule has 1 aromatic carbocycles. The summed E-state index contributed by atoms with van der Waals surface area (Å²) in [7, 11) is 0. The zero-order valence-corrected chi connectivity index (χ0v) is 14.1. The van der Waals surface area contributed by atoms with E-state index >= 15 is 0 Å². The van der Waals surface area contributed by atoms with Gasteiger partial charge in [0.15, 0.2) is 0 Å². The van der Waals surface area contributed by atoms with E-state index in [4.69, 9.17) is 0 Å². The first-order chi connectivity index (χ1) is 11.3. The van der Waals surface area contributed by atoms with Crippen LogP contribution in [-0.4, -0.2) is 27.9 Å². The van der Waals surface area contributed by atoms with Crippen molar-refractivity contribution in [2.45, 2.75) is 39.7 Å². The second kappa shape index (κ2) is 7.55. The first kappa shape index (κ1) is 15.9. The van der Waals surface area contributed by atoms with E-state index in [1.165, 1.54) is 23.4 Å². The van der Waals surface area contributed by atoms with E-state index in [0.29, 0.717) is 5.92 Å². The highest BCUT2D eigenvalue weighted by molar-refractivity contribution is 5.52. The number of fused-ring (bicyclic) bond motifs is 1. The highest BCUT2D eigenvalue weighted by Gasteiger charge is 2.21. The summed E-state index contributed by atoms with van der Waals surface area (Å²) in [5.74, 6) is 2.97. The van der Waals surface area contributed by atoms with Crippen LogP contribution in [0.15, 0.2) is 35.9 Å². The number of aromatic nitrogens is 3. The summed E-state index contributed by atoms with van der Waals surface area (Å²) in [6.45, 7) is 7.40. The Morgan fingerprint density at radius 3 is 2.91 bits per heavy atom. The lowest BCUT2D eigenvalue weighted by molar-refractivity contribution is 0.346. The molecule has 23 heavy (non-hydrogen) atoms. The standard InChI is InChI=1S/C19H26N4/c1-3-18-21-22-19-10-9-17(14-23(18)19)13-20-12-15(2)11-16-7-5-4-6-8-16/h4-8,11,17,20H,3,9-10,12-14H2,1-2H3. The van der Waals surface area contributed by atoms with Crippen molar-refractivity contribution in [1.29, 1.82) is 0 Å². The number of aryl methyl sites for hydroxylation is 2. The molecule has 0 spiro atoms. The smallest absolute Gasteiger partial charge is 0.133 e. The van der Waals surface area contributed by atoms with Crippen molar-refractivity contribution in [2.24, 2.45) is 5.92 Å². The molecule has 0 fully saturated rings. The van der Waals surface area contributed by atoms with Crippen LogP contribution in [0.25, 0.3) is 6.08 Å². The molecule has 0 saturated heterocycles. The SMILES string of the molecule is CCc1nnc2n1CC(CNCC(C)=Cc1ccccc1)CC2. The quantitative estimate of drug-likeness (QED) is 0.891. The fourth-order valence-corrected chi connectivity index (χ4v) is 3.24. The van der Waals surface area contributed by atoms with Crippen molar-refractivity contribution < 1.29 is 0 Å². The number of benzene rings is 1. The number of nitrogens with one attached hydrogen (secondary N) is 1. The summed E-state index contributed by atoms with van der Waals surface area (Å²) in [5.41, 5.74) is 2.64. The van der Waals surface area contributed by atoms with Gasteiger partial charge in [-0.05, 0) is 31.4 Å². The van der Waals surface area contributed by atoms with Gasteiger partial charge < -0.3 is 9.88 Å². The van der Waals surface area contributed by atoms with Crippen LogP contribution in [0.5, 0.6) is 0 Å². The molecule has 4 nitrogen and oxygen atoms in total. The van der Waals surface area contributed by atoms with Gasteiger partial charge in [-0.15, -0.1) is 10.2 Å². The van der Waals surface area contributed by atoms with Gasteiger partial charge in [0.2, 0.25) is 0 Å². The Hall–Kier alpha value is -1.94. The Kier molecular flexibility index (Phi) is 5.23. The van der Waals surface area contributed by atoms with E-state index in [0.717, 1.165) is 38.3 Å². The second-order valence-corrected chi connectivity index (χ2v) is 6.43. The third kappa shape index (κ3) is 4.08. The molecule has 1 atom stereocenters. The molecule has 3 rings (SSSR count). The summed E-state index contributed by atoms with van der Waals surface area (Å²) in [6.07, 6.45) is 5.47. The minimum absolute atomic E-state index is 0.674. The fraction of sp³-hybridized carbons (Fsp3) is 0.474. The van der Waals surface area contributed by atoms with E-state index < -0.39 is 0 Å². The van der Waals surface area contributed by atoms with Crippen LogP contribution in [0.2, 0.25) is 0 Å². The van der Waals surface area contributed by atoms with Crippen LogP contribution in [0.3, 0.4) is 0 Å². The number of nitrogens with zero attached hydrogens (tertiary/aromatic N) is 3. The Morgan fingerprint density at radius 1 is 1.30 bits per heavy atom. The molecule has 0 saturated carbocycles. The monoisotopic (exact) mass is 310 g/mol. The van der Waals surface area contributed by atoms with Gasteiger partial charge in [-0.1, -0.05) is 48.9 Å². The van der Waals surface area contributed by atoms with E-state index in [1.54, 1.807) is 0 Å². The molecule has 0 bridgehead atoms. The predicted molar refractivity (Wildman–Crippen MR) is 94.2 cm³/mol. The maximum Gasteiger partial charge on any atom is 0.133 e. The Morgan fingerprint density at radius 2 is 2.13 bits per heavy atom. The minimum atomic E-state index is 0.674. The Labute approximate surface area is 138 Å². The third-order valence-corrected chi connectivity index (χ3v) is 4.49. The molecule has 1 unspecified atom stereocenters. The van der Waals surface area contributed by atoms with Crippen LogP contribution in [0, 0.1) is 5.92 Å². The maximum absolute atomic E-state index is 4.30. The van der Waals surface area contributed by atoms with Crippen molar-refractivity contribution >= 4 is 6.08 Å². The first-order valence-corrected chi connectivity index (χ1v) is 8.60. The van der Waals surface area contributed by atoms with Gasteiger partial charge in [-0.25, -0.2) is 0 Å². The highest BCUT2D eigenvalue weighted by atomic mass is 15.3. The van der Waals surface area contributed by atoms with Crippen LogP contribution in [0.4, 0.5) is 0 Å². The average molecular weight is 310 g/mol. The van der Waals surface area contributed by atoms with Crippen LogP contribution < -0.4 is 5.32 Å². The first-order valence-electron chi connectivity index (χ1n) is 8.60. The van der Waals surface area contributed by atoms with Gasteiger partial charge in [-0.3, -0.25) is 0 Å². The van der Waals surface area contributed by atoms with Crippen LogP contribution in [0.1, 0.15) is 37.5 Å². The lowest BCUT2D eigenvalue weighted by atomic mass is 9.99. The molecule has 1 aliphatic heterocycles. The van der Waals surface area contributed by atoms with Crippen molar-refractivity contribution in [1.82, 2.24) is 20.1 Å². The van der Waals surface area contributed by atoms with Crippen LogP contribution >= 0.6 is 0 Å². The van der Waals surface area contributed by atoms with Crippen molar-refractivity contribution in [2.75, 3.05) is 13.1 Å². The summed E-state index contributed by atoms with van der Waals surface area (Å²) in [6, 6.07) is 10.5. The lowest BCUT2D eigenvalue weighted by Crippen LogP contribution is -2.31. The normalized spacial score (nSPS) is 18.0. The Balaban J connectivity index is 1.49. The average Bonchev–Trinajstić information content (AvgIpc) is 2.98. The molecule has 0 aliphatic carbocycles. The molecule has 2 aromatic rings. The molecule has 1 aromatic heterocycles. The van der Waals surface area contributed by atoms with Gasteiger partial charge in [0.05, 0.1) is 0 Å². The van der Waals surface area contributed by atoms with Crippen molar-refractivity contribution in [3.8, 4) is 0 Å². The third-order valence-electron chi connectivity index (χ3n) is 4.49. The summed E-state index contributed by atoms with van der Waals surface area (Å²) in [4.78, 5) is 0. The van der Waals surface area contributed by atoms with E-state index in [2.05, 4.69) is 70.3 Å². The van der Waals surface area contributed by atoms with Gasteiger partial charge in [0, 0.05) is 25.9 Å². The topological polar surface area (TPSA) is 42.7 Å². The van der Waals surface area contributed by atoms with Gasteiger partial charge in [-0.2, -0.15) is 0 Å². The lowest BCUT2D eigenvalue weighted by Gasteiger charge is -2.24. The zero-order chi connectivity index (χ0) is 16.1. The fourth-order valence-electron chi connectivity index (χ4n) is 3.24. The van der Waals surface area contributed by atoms with E-state index in [9.17, 15) is 0 Å². The molecule has 0 amide bonds. The largest absolute Gasteiger partial charge is 0.315 e. The molecule has 4 heteroatoms. The predicted octanol–water partition coefficient (Wildman–Crippen LogP) is 3.10. The van der Waals surface area contributed by atoms with Crippen LogP contribution in [-0.2, 0) is 19.4 Å². The highest BCUT2D eigenvalue weighted by Crippen LogP contribution is 2.19. The van der Waals surface area contributed by atoms with Crippen molar-refractivity contribution in [3.63, 3.8) is 0 Å². The summed E-state index contributed by atoms with van der Waals surface area (Å²) < 4.78 is 2.32. The Bertz CT molecular complexity index is 644. The van der Waals surface area contributed by atoms with Gasteiger partial charge in [0.1, 0.15) is 11.6 Å². The zero-order valence-electron chi connectivity index (χ0n) is 14.1. The molecule has 0 radical (unpaired) electrons. The van der Waals surface area contributed by atoms with E-state index in [-0.39, 0.29) is 0 Å². The molecular formula is C19H26N4. The number of rotatable bonds is 6. The van der Waals surface area contributed by atoms with Gasteiger partial charge >= 0.3 is 0 Å². The summed E-state index contributed by atoms with van der Waals surface area (Å²) in [5, 5.41) is 12.2. The maximum atomic E-state index is 4.30. The second-order valence-electron chi connectivity index (χ2n) is 6.43. The molecular weight excluding hydrogens is 284 g/mol. The van der Waals surface area contributed by atoms with E-state index in [1.807, 2.05) is 0 Å². The molecule has 1 N–H and O–H groups in total. The summed E-state index contributed by atoms with van der Waals surface area (Å²) >= 11 is 0. The van der Waals surface area contributed by atoms with Gasteiger partial charge in [0.25, 0.3) is 0 Å². The number of hydrogen-bond donors (Lipinski definition) is 1. The minimum Gasteiger partial charge on any atom is -0.315 e.